The van der Waals surface area contributed by atoms with Crippen molar-refractivity contribution in [2.24, 2.45) is 16.8 Å². The van der Waals surface area contributed by atoms with Gasteiger partial charge in [0.15, 0.2) is 5.84 Å². The second kappa shape index (κ2) is 10.1. The van der Waals surface area contributed by atoms with Crippen LogP contribution in [0.1, 0.15) is 27.0 Å². The lowest BCUT2D eigenvalue weighted by atomic mass is 10.1. The number of nitriles is 1. The molecular formula is C24H18ClFN6O3. The Balaban J connectivity index is 1.45. The van der Waals surface area contributed by atoms with E-state index in [-0.39, 0.29) is 34.5 Å². The highest BCUT2D eigenvalue weighted by atomic mass is 35.5. The van der Waals surface area contributed by atoms with Gasteiger partial charge in [0.1, 0.15) is 30.0 Å². The van der Waals surface area contributed by atoms with E-state index in [0.717, 1.165) is 11.6 Å². The van der Waals surface area contributed by atoms with Crippen LogP contribution in [0.4, 0.5) is 10.1 Å². The lowest BCUT2D eigenvalue weighted by Crippen LogP contribution is -2.32. The number of ether oxygens (including phenoxy) is 1. The summed E-state index contributed by atoms with van der Waals surface area (Å²) in [7, 11) is 0. The molecule has 0 bridgehead atoms. The predicted octanol–water partition coefficient (Wildman–Crippen LogP) is 4.01. The van der Waals surface area contributed by atoms with Gasteiger partial charge >= 0.3 is 0 Å². The topological polar surface area (TPSA) is 152 Å². The van der Waals surface area contributed by atoms with Gasteiger partial charge in [-0.05, 0) is 48.5 Å². The number of amidine groups is 1. The zero-order chi connectivity index (χ0) is 24.9. The molecule has 176 valence electrons. The Labute approximate surface area is 203 Å². The van der Waals surface area contributed by atoms with Gasteiger partial charge in [0, 0.05) is 21.7 Å². The van der Waals surface area contributed by atoms with Gasteiger partial charge in [0.05, 0.1) is 22.8 Å². The van der Waals surface area contributed by atoms with Crippen LogP contribution in [0.15, 0.2) is 70.4 Å². The number of rotatable bonds is 6. The van der Waals surface area contributed by atoms with Gasteiger partial charge in [-0.15, -0.1) is 0 Å². The van der Waals surface area contributed by atoms with E-state index in [1.54, 1.807) is 42.5 Å². The Morgan fingerprint density at radius 2 is 1.94 bits per heavy atom. The van der Waals surface area contributed by atoms with Gasteiger partial charge in [-0.1, -0.05) is 17.7 Å². The van der Waals surface area contributed by atoms with Gasteiger partial charge in [-0.2, -0.15) is 10.4 Å². The number of carbonyl (C=O) groups is 1. The Bertz CT molecular complexity index is 1480. The summed E-state index contributed by atoms with van der Waals surface area (Å²) in [6, 6.07) is 16.2. The lowest BCUT2D eigenvalue weighted by Gasteiger charge is -2.09. The number of carbonyl (C=O) groups excluding carboxylic acids is 1. The maximum absolute atomic E-state index is 14.6. The van der Waals surface area contributed by atoms with Crippen LogP contribution in [-0.2, 0) is 6.61 Å². The van der Waals surface area contributed by atoms with Crippen molar-refractivity contribution in [3.8, 4) is 11.8 Å². The molecular weight excluding hydrogens is 475 g/mol. The van der Waals surface area contributed by atoms with Crippen molar-refractivity contribution in [3.05, 3.63) is 94.0 Å². The van der Waals surface area contributed by atoms with E-state index in [9.17, 15) is 9.18 Å². The Kier molecular flexibility index (Phi) is 6.82. The number of hydrogen-bond acceptors (Lipinski definition) is 7. The number of hydrazine groups is 1. The molecule has 0 atom stereocenters. The van der Waals surface area contributed by atoms with E-state index < -0.39 is 11.7 Å². The first-order valence-corrected chi connectivity index (χ1v) is 10.5. The normalized spacial score (nSPS) is 11.2. The van der Waals surface area contributed by atoms with Gasteiger partial charge in [0.25, 0.3) is 5.91 Å². The highest BCUT2D eigenvalue weighted by molar-refractivity contribution is 6.31. The lowest BCUT2D eigenvalue weighted by molar-refractivity contribution is 0.102. The van der Waals surface area contributed by atoms with E-state index in [1.165, 1.54) is 12.3 Å². The summed E-state index contributed by atoms with van der Waals surface area (Å²) in [6.07, 6.45) is 1.23. The molecule has 3 aromatic carbocycles. The number of benzene rings is 3. The average Bonchev–Trinajstić information content (AvgIpc) is 3.27. The molecule has 0 aliphatic heterocycles. The van der Waals surface area contributed by atoms with Gasteiger partial charge in [0.2, 0.25) is 0 Å². The van der Waals surface area contributed by atoms with Crippen molar-refractivity contribution >= 4 is 40.0 Å². The van der Waals surface area contributed by atoms with Gasteiger partial charge in [-0.3, -0.25) is 4.79 Å². The minimum Gasteiger partial charge on any atom is -0.489 e. The Hall–Kier alpha value is -4.59. The summed E-state index contributed by atoms with van der Waals surface area (Å²) >= 11 is 6.17. The van der Waals surface area contributed by atoms with Crippen LogP contribution in [0.3, 0.4) is 0 Å². The zero-order valence-electron chi connectivity index (χ0n) is 18.0. The van der Waals surface area contributed by atoms with E-state index in [4.69, 9.17) is 37.7 Å². The van der Waals surface area contributed by atoms with Crippen LogP contribution in [0.25, 0.3) is 11.0 Å². The number of hydrazone groups is 1. The number of halogens is 2. The molecule has 4 rings (SSSR count). The smallest absolute Gasteiger partial charge is 0.259 e. The third-order valence-electron chi connectivity index (χ3n) is 5.12. The molecule has 0 aliphatic rings. The van der Waals surface area contributed by atoms with Crippen molar-refractivity contribution in [2.75, 3.05) is 5.32 Å². The van der Waals surface area contributed by atoms with Crippen LogP contribution in [0, 0.1) is 17.1 Å². The summed E-state index contributed by atoms with van der Waals surface area (Å²) in [5.74, 6) is 9.81. The van der Waals surface area contributed by atoms with Crippen molar-refractivity contribution in [1.82, 2.24) is 5.43 Å². The van der Waals surface area contributed by atoms with E-state index in [2.05, 4.69) is 15.8 Å². The number of furan rings is 1. The number of amides is 1. The second-order valence-electron chi connectivity index (χ2n) is 7.28. The minimum atomic E-state index is -0.682. The van der Waals surface area contributed by atoms with Crippen LogP contribution >= 0.6 is 11.6 Å². The molecule has 1 amide bonds. The third-order valence-corrected chi connectivity index (χ3v) is 5.47. The molecule has 1 aromatic heterocycles. The maximum Gasteiger partial charge on any atom is 0.259 e. The quantitative estimate of drug-likeness (QED) is 0.137. The molecule has 0 saturated heterocycles. The summed E-state index contributed by atoms with van der Waals surface area (Å²) in [6.45, 7) is 0.209. The monoisotopic (exact) mass is 492 g/mol. The van der Waals surface area contributed by atoms with Crippen molar-refractivity contribution in [1.29, 1.82) is 5.26 Å². The fourth-order valence-corrected chi connectivity index (χ4v) is 3.55. The molecule has 0 aliphatic carbocycles. The molecule has 0 saturated carbocycles. The maximum atomic E-state index is 14.6. The average molecular weight is 493 g/mol. The largest absolute Gasteiger partial charge is 0.489 e. The van der Waals surface area contributed by atoms with Crippen LogP contribution in [0.5, 0.6) is 5.75 Å². The zero-order valence-corrected chi connectivity index (χ0v) is 18.8. The summed E-state index contributed by atoms with van der Waals surface area (Å²) in [4.78, 5) is 12.8. The van der Waals surface area contributed by atoms with Crippen molar-refractivity contribution in [2.45, 2.75) is 6.61 Å². The number of nitrogens with two attached hydrogens (primary N) is 2. The highest BCUT2D eigenvalue weighted by Crippen LogP contribution is 2.26. The first kappa shape index (κ1) is 23.6. The van der Waals surface area contributed by atoms with Gasteiger partial charge < -0.3 is 25.7 Å². The first-order valence-electron chi connectivity index (χ1n) is 10.1. The molecule has 0 unspecified atom stereocenters. The van der Waals surface area contributed by atoms with Crippen LogP contribution in [-0.4, -0.2) is 11.7 Å². The highest BCUT2D eigenvalue weighted by Gasteiger charge is 2.19. The molecule has 6 N–H and O–H groups in total. The molecule has 0 spiro atoms. The summed E-state index contributed by atoms with van der Waals surface area (Å²) in [5.41, 5.74) is 4.30. The first-order chi connectivity index (χ1) is 16.9. The number of anilines is 1. The molecule has 35 heavy (non-hydrogen) atoms. The fraction of sp³-hybridized carbons (Fsp3) is 0.0417. The third kappa shape index (κ3) is 5.01. The van der Waals surface area contributed by atoms with Gasteiger partial charge in [-0.25, -0.2) is 10.2 Å². The number of nitrogens with one attached hydrogen (secondary N) is 2. The minimum absolute atomic E-state index is 0.00157. The summed E-state index contributed by atoms with van der Waals surface area (Å²) < 4.78 is 25.7. The summed E-state index contributed by atoms with van der Waals surface area (Å²) in [5, 5.41) is 15.7. The molecule has 9 nitrogen and oxygen atoms in total. The predicted molar refractivity (Wildman–Crippen MR) is 129 cm³/mol. The molecule has 1 heterocycles. The van der Waals surface area contributed by atoms with E-state index >= 15 is 0 Å². The number of hydrogen-bond donors (Lipinski definition) is 4. The van der Waals surface area contributed by atoms with Crippen LogP contribution < -0.4 is 27.2 Å². The van der Waals surface area contributed by atoms with E-state index in [1.807, 2.05) is 6.07 Å². The number of fused-ring (bicyclic) bond motifs is 1. The van der Waals surface area contributed by atoms with Crippen LogP contribution in [0.2, 0.25) is 5.02 Å². The van der Waals surface area contributed by atoms with Crippen molar-refractivity contribution < 1.29 is 18.3 Å². The second-order valence-corrected chi connectivity index (χ2v) is 7.69. The molecule has 4 aromatic rings. The standard InChI is InChI=1S/C24H18ClFN6O3/c25-20-7-13(10-27)1-2-14(20)11-34-16-5-3-15(4-6-16)30-24(33)19-12-35-22-9-18(23(31-28)32-29)21(26)8-17(19)22/h1-9,12H,11,28-29H2,(H,30,33)(H,31,32). The molecule has 0 radical (unpaired) electrons. The fourth-order valence-electron chi connectivity index (χ4n) is 3.32. The Morgan fingerprint density at radius 1 is 1.17 bits per heavy atom. The van der Waals surface area contributed by atoms with E-state index in [0.29, 0.717) is 22.0 Å². The SMILES string of the molecule is N#Cc1ccc(COc2ccc(NC(=O)c3coc4cc(/C(=N/N)NN)c(F)cc34)cc2)c(Cl)c1. The van der Waals surface area contributed by atoms with Crippen molar-refractivity contribution in [3.63, 3.8) is 0 Å². The molecule has 0 fully saturated rings. The molecule has 11 heteroatoms. The Morgan fingerprint density at radius 3 is 2.60 bits per heavy atom. The number of nitrogens with zero attached hydrogens (tertiary/aromatic N) is 2.